The minimum Gasteiger partial charge on any atom is -0.382 e. The molecular formula is C22H24N2O3. The molecule has 1 atom stereocenters. The number of benzene rings is 2. The third kappa shape index (κ3) is 3.48. The van der Waals surface area contributed by atoms with Crippen molar-refractivity contribution in [3.63, 3.8) is 0 Å². The van der Waals surface area contributed by atoms with Crippen molar-refractivity contribution in [2.75, 3.05) is 33.5 Å². The minimum atomic E-state index is -0.124. The lowest BCUT2D eigenvalue weighted by molar-refractivity contribution is -0.138. The van der Waals surface area contributed by atoms with Gasteiger partial charge < -0.3 is 19.4 Å². The van der Waals surface area contributed by atoms with E-state index < -0.39 is 0 Å². The fourth-order valence-corrected chi connectivity index (χ4v) is 3.88. The maximum Gasteiger partial charge on any atom is 0.249 e. The monoisotopic (exact) mass is 364 g/mol. The van der Waals surface area contributed by atoms with Crippen molar-refractivity contribution in [2.45, 2.75) is 12.5 Å². The van der Waals surface area contributed by atoms with E-state index in [9.17, 15) is 4.79 Å². The number of nitrogens with one attached hydrogen (secondary N) is 1. The number of nitrogens with zero attached hydrogens (tertiary/aromatic N) is 1. The number of carbonyl (C=O) groups is 1. The van der Waals surface area contributed by atoms with Crippen molar-refractivity contribution in [1.29, 1.82) is 0 Å². The molecule has 1 amide bonds. The molecule has 2 heterocycles. The lowest BCUT2D eigenvalue weighted by Crippen LogP contribution is -2.42. The third-order valence-corrected chi connectivity index (χ3v) is 5.13. The predicted molar refractivity (Wildman–Crippen MR) is 105 cm³/mol. The summed E-state index contributed by atoms with van der Waals surface area (Å²) >= 11 is 0. The summed E-state index contributed by atoms with van der Waals surface area (Å²) in [5.74, 6) is 0.00395. The number of carbonyl (C=O) groups excluding carboxylic acids is 1. The number of ether oxygens (including phenoxy) is 2. The van der Waals surface area contributed by atoms with E-state index in [1.54, 1.807) is 7.11 Å². The first kappa shape index (κ1) is 17.8. The van der Waals surface area contributed by atoms with Crippen LogP contribution in [0.3, 0.4) is 0 Å². The first-order chi connectivity index (χ1) is 13.3. The maximum atomic E-state index is 12.9. The molecule has 5 heteroatoms. The van der Waals surface area contributed by atoms with Gasteiger partial charge in [-0.05, 0) is 23.6 Å². The standard InChI is InChI=1S/C22H24N2O3/c1-26-13-14-27-15-20(25)24-12-11-18-17-9-5-6-10-19(17)23-21(18)22(24)16-7-3-2-4-8-16/h2-10,22-23H,11-15H2,1H3. The zero-order valence-corrected chi connectivity index (χ0v) is 15.5. The SMILES string of the molecule is COCCOCC(=O)N1CCc2c([nH]c3ccccc23)C1c1ccccc1. The highest BCUT2D eigenvalue weighted by Crippen LogP contribution is 2.38. The molecule has 1 aromatic heterocycles. The summed E-state index contributed by atoms with van der Waals surface area (Å²) in [5, 5.41) is 1.25. The van der Waals surface area contributed by atoms with Crippen LogP contribution < -0.4 is 0 Å². The van der Waals surface area contributed by atoms with Gasteiger partial charge in [0.05, 0.1) is 19.3 Å². The third-order valence-electron chi connectivity index (χ3n) is 5.13. The predicted octanol–water partition coefficient (Wildman–Crippen LogP) is 3.31. The summed E-state index contributed by atoms with van der Waals surface area (Å²) < 4.78 is 10.5. The molecule has 1 aliphatic heterocycles. The van der Waals surface area contributed by atoms with Gasteiger partial charge >= 0.3 is 0 Å². The van der Waals surface area contributed by atoms with Crippen molar-refractivity contribution < 1.29 is 14.3 Å². The number of amides is 1. The highest BCUT2D eigenvalue weighted by atomic mass is 16.5. The Labute approximate surface area is 158 Å². The van der Waals surface area contributed by atoms with E-state index in [4.69, 9.17) is 9.47 Å². The quantitative estimate of drug-likeness (QED) is 0.683. The van der Waals surface area contributed by atoms with Gasteiger partial charge in [-0.3, -0.25) is 4.79 Å². The lowest BCUT2D eigenvalue weighted by Gasteiger charge is -2.36. The van der Waals surface area contributed by atoms with E-state index in [0.29, 0.717) is 19.8 Å². The van der Waals surface area contributed by atoms with E-state index in [1.807, 2.05) is 29.2 Å². The molecule has 1 N–H and O–H groups in total. The van der Waals surface area contributed by atoms with Gasteiger partial charge in [0, 0.05) is 30.3 Å². The second kappa shape index (κ2) is 7.94. The van der Waals surface area contributed by atoms with E-state index in [1.165, 1.54) is 10.9 Å². The Hall–Kier alpha value is -2.63. The van der Waals surface area contributed by atoms with Crippen LogP contribution in [-0.2, 0) is 20.7 Å². The maximum absolute atomic E-state index is 12.9. The van der Waals surface area contributed by atoms with Gasteiger partial charge in [0.1, 0.15) is 6.61 Å². The Morgan fingerprint density at radius 3 is 2.70 bits per heavy atom. The highest BCUT2D eigenvalue weighted by Gasteiger charge is 2.34. The molecule has 0 fully saturated rings. The van der Waals surface area contributed by atoms with E-state index in [2.05, 4.69) is 35.3 Å². The van der Waals surface area contributed by atoms with Crippen LogP contribution in [0.2, 0.25) is 0 Å². The Morgan fingerprint density at radius 1 is 1.11 bits per heavy atom. The zero-order valence-electron chi connectivity index (χ0n) is 15.5. The number of fused-ring (bicyclic) bond motifs is 3. The van der Waals surface area contributed by atoms with E-state index in [-0.39, 0.29) is 18.6 Å². The lowest BCUT2D eigenvalue weighted by atomic mass is 9.92. The number of aromatic amines is 1. The summed E-state index contributed by atoms with van der Waals surface area (Å²) in [5.41, 5.74) is 4.65. The molecule has 0 spiro atoms. The van der Waals surface area contributed by atoms with E-state index in [0.717, 1.165) is 23.2 Å². The molecule has 0 saturated heterocycles. The largest absolute Gasteiger partial charge is 0.382 e. The van der Waals surface area contributed by atoms with Crippen LogP contribution in [0.15, 0.2) is 54.6 Å². The number of rotatable bonds is 6. The van der Waals surface area contributed by atoms with Gasteiger partial charge in [-0.15, -0.1) is 0 Å². The van der Waals surface area contributed by atoms with Crippen molar-refractivity contribution in [1.82, 2.24) is 9.88 Å². The van der Waals surface area contributed by atoms with Gasteiger partial charge in [-0.1, -0.05) is 48.5 Å². The average molecular weight is 364 g/mol. The molecule has 4 rings (SSSR count). The fourth-order valence-electron chi connectivity index (χ4n) is 3.88. The van der Waals surface area contributed by atoms with Crippen LogP contribution in [-0.4, -0.2) is 49.3 Å². The van der Waals surface area contributed by atoms with E-state index >= 15 is 0 Å². The topological polar surface area (TPSA) is 54.6 Å². The average Bonchev–Trinajstić information content (AvgIpc) is 3.09. The molecule has 0 radical (unpaired) electrons. The second-order valence-electron chi connectivity index (χ2n) is 6.76. The van der Waals surface area contributed by atoms with Crippen molar-refractivity contribution in [3.05, 3.63) is 71.4 Å². The number of hydrogen-bond acceptors (Lipinski definition) is 3. The first-order valence-corrected chi connectivity index (χ1v) is 9.30. The van der Waals surface area contributed by atoms with Crippen LogP contribution in [0.5, 0.6) is 0 Å². The highest BCUT2D eigenvalue weighted by molar-refractivity contribution is 5.86. The number of para-hydroxylation sites is 1. The summed E-state index contributed by atoms with van der Waals surface area (Å²) in [7, 11) is 1.62. The molecule has 1 aliphatic rings. The summed E-state index contributed by atoms with van der Waals surface area (Å²) in [4.78, 5) is 18.4. The number of aromatic nitrogens is 1. The smallest absolute Gasteiger partial charge is 0.249 e. The van der Waals surface area contributed by atoms with Crippen LogP contribution in [0.1, 0.15) is 22.9 Å². The summed E-state index contributed by atoms with van der Waals surface area (Å²) in [6, 6.07) is 18.4. The second-order valence-corrected chi connectivity index (χ2v) is 6.76. The molecule has 0 aliphatic carbocycles. The minimum absolute atomic E-state index is 0.00395. The first-order valence-electron chi connectivity index (χ1n) is 9.30. The van der Waals surface area contributed by atoms with Gasteiger partial charge in [0.2, 0.25) is 5.91 Å². The molecule has 0 saturated carbocycles. The van der Waals surface area contributed by atoms with Gasteiger partial charge in [-0.2, -0.15) is 0 Å². The Morgan fingerprint density at radius 2 is 1.89 bits per heavy atom. The molecule has 2 aromatic carbocycles. The van der Waals surface area contributed by atoms with Crippen molar-refractivity contribution in [3.8, 4) is 0 Å². The zero-order chi connectivity index (χ0) is 18.6. The van der Waals surface area contributed by atoms with Gasteiger partial charge in [0.15, 0.2) is 0 Å². The molecule has 3 aromatic rings. The van der Waals surface area contributed by atoms with Crippen molar-refractivity contribution >= 4 is 16.8 Å². The van der Waals surface area contributed by atoms with Crippen LogP contribution in [0.4, 0.5) is 0 Å². The summed E-state index contributed by atoms with van der Waals surface area (Å²) in [6.07, 6.45) is 0.840. The Kier molecular flexibility index (Phi) is 5.23. The van der Waals surface area contributed by atoms with Crippen LogP contribution in [0.25, 0.3) is 10.9 Å². The fraction of sp³-hybridized carbons (Fsp3) is 0.318. The van der Waals surface area contributed by atoms with Crippen LogP contribution in [0, 0.1) is 0 Å². The normalized spacial score (nSPS) is 16.5. The molecule has 5 nitrogen and oxygen atoms in total. The van der Waals surface area contributed by atoms with Crippen LogP contribution >= 0.6 is 0 Å². The summed E-state index contributed by atoms with van der Waals surface area (Å²) in [6.45, 7) is 1.66. The van der Waals surface area contributed by atoms with Crippen molar-refractivity contribution in [2.24, 2.45) is 0 Å². The number of hydrogen-bond donors (Lipinski definition) is 1. The molecule has 1 unspecified atom stereocenters. The van der Waals surface area contributed by atoms with Gasteiger partial charge in [0.25, 0.3) is 0 Å². The molecule has 27 heavy (non-hydrogen) atoms. The molecule has 140 valence electrons. The van der Waals surface area contributed by atoms with Gasteiger partial charge in [-0.25, -0.2) is 0 Å². The molecular weight excluding hydrogens is 340 g/mol. The molecule has 0 bridgehead atoms. The number of H-pyrrole nitrogens is 1. The Bertz CT molecular complexity index is 920. The Balaban J connectivity index is 1.69. The number of methoxy groups -OCH3 is 1.